The predicted octanol–water partition coefficient (Wildman–Crippen LogP) is 5.85. The molecule has 0 saturated carbocycles. The number of rotatable bonds is 11. The van der Waals surface area contributed by atoms with Crippen molar-refractivity contribution in [3.05, 3.63) is 83.3 Å². The molecule has 0 atom stereocenters. The first-order chi connectivity index (χ1) is 17.4. The van der Waals surface area contributed by atoms with E-state index in [0.29, 0.717) is 39.8 Å². The van der Waals surface area contributed by atoms with Crippen LogP contribution in [0.5, 0.6) is 28.7 Å². The Hall–Kier alpha value is -4.46. The maximum atomic E-state index is 14.7. The maximum Gasteiger partial charge on any atom is 0.203 e. The first kappa shape index (κ1) is 26.2. The Morgan fingerprint density at radius 3 is 2.00 bits per heavy atom. The lowest BCUT2D eigenvalue weighted by Crippen LogP contribution is -1.99. The topological polar surface area (TPSA) is 75.3 Å². The summed E-state index contributed by atoms with van der Waals surface area (Å²) in [5, 5.41) is 2.94. The van der Waals surface area contributed by atoms with Gasteiger partial charge in [-0.25, -0.2) is 4.39 Å². The number of halogens is 1. The van der Waals surface area contributed by atoms with E-state index in [2.05, 4.69) is 5.32 Å². The summed E-state index contributed by atoms with van der Waals surface area (Å²) in [6.45, 7) is 0. The number of nitrogens with one attached hydrogen (secondary N) is 1. The molecular formula is C28H28FNO6. The van der Waals surface area contributed by atoms with Crippen LogP contribution in [0.4, 0.5) is 10.1 Å². The monoisotopic (exact) mass is 493 g/mol. The fourth-order valence-electron chi connectivity index (χ4n) is 3.50. The third-order valence-electron chi connectivity index (χ3n) is 5.25. The molecule has 0 spiro atoms. The molecule has 0 saturated heterocycles. The van der Waals surface area contributed by atoms with Crippen molar-refractivity contribution in [3.63, 3.8) is 0 Å². The number of ketones is 1. The highest BCUT2D eigenvalue weighted by Gasteiger charge is 2.13. The van der Waals surface area contributed by atoms with E-state index in [-0.39, 0.29) is 11.5 Å². The third kappa shape index (κ3) is 6.15. The largest absolute Gasteiger partial charge is 0.497 e. The van der Waals surface area contributed by atoms with Gasteiger partial charge < -0.3 is 29.0 Å². The van der Waals surface area contributed by atoms with Gasteiger partial charge in [0, 0.05) is 17.8 Å². The van der Waals surface area contributed by atoms with E-state index in [9.17, 15) is 9.18 Å². The first-order valence-corrected chi connectivity index (χ1v) is 10.9. The molecule has 0 unspecified atom stereocenters. The number of carbonyl (C=O) groups is 1. The lowest BCUT2D eigenvalue weighted by molar-refractivity contribution is 0.104. The average molecular weight is 494 g/mol. The Morgan fingerprint density at radius 1 is 0.778 bits per heavy atom. The van der Waals surface area contributed by atoms with Crippen LogP contribution in [-0.2, 0) is 0 Å². The molecule has 0 radical (unpaired) electrons. The molecule has 0 aromatic heterocycles. The highest BCUT2D eigenvalue weighted by atomic mass is 19.1. The minimum absolute atomic E-state index is 0.0263. The molecule has 3 rings (SSSR count). The van der Waals surface area contributed by atoms with Crippen LogP contribution in [0.2, 0.25) is 0 Å². The fourth-order valence-corrected chi connectivity index (χ4v) is 3.50. The van der Waals surface area contributed by atoms with E-state index in [4.69, 9.17) is 23.7 Å². The maximum absolute atomic E-state index is 14.7. The van der Waals surface area contributed by atoms with Gasteiger partial charge in [-0.05, 0) is 47.5 Å². The number of carbonyl (C=O) groups excluding carboxylic acids is 1. The zero-order chi connectivity index (χ0) is 26.1. The molecule has 188 valence electrons. The van der Waals surface area contributed by atoms with Gasteiger partial charge in [-0.15, -0.1) is 0 Å². The highest BCUT2D eigenvalue weighted by Crippen LogP contribution is 2.39. The Balaban J connectivity index is 1.85. The summed E-state index contributed by atoms with van der Waals surface area (Å²) >= 11 is 0. The molecule has 0 heterocycles. The van der Waals surface area contributed by atoms with E-state index < -0.39 is 5.82 Å². The van der Waals surface area contributed by atoms with E-state index in [1.807, 2.05) is 0 Å². The number of benzene rings is 3. The molecule has 0 bridgehead atoms. The molecule has 0 amide bonds. The molecule has 0 fully saturated rings. The van der Waals surface area contributed by atoms with Crippen LogP contribution in [-0.4, -0.2) is 41.3 Å². The molecule has 0 aliphatic carbocycles. The molecule has 0 aliphatic rings. The lowest BCUT2D eigenvalue weighted by Gasteiger charge is -2.13. The molecule has 7 nitrogen and oxygen atoms in total. The summed E-state index contributed by atoms with van der Waals surface area (Å²) in [5.41, 5.74) is 2.15. The van der Waals surface area contributed by atoms with Gasteiger partial charge in [0.25, 0.3) is 0 Å². The molecule has 1 N–H and O–H groups in total. The number of hydrogen-bond acceptors (Lipinski definition) is 7. The number of hydrogen-bond donors (Lipinski definition) is 1. The Morgan fingerprint density at radius 2 is 1.42 bits per heavy atom. The standard InChI is InChI=1S/C28H28FNO6/c1-32-21-8-6-7-20(17-21)24(31)11-12-30-23-14-18(13-22(29)27(23)35-4)9-10-19-15-25(33-2)28(36-5)26(16-19)34-3/h6-17,30H,1-5H3/b10-9-,12-11-. The van der Waals surface area contributed by atoms with Gasteiger partial charge in [-0.3, -0.25) is 4.79 Å². The van der Waals surface area contributed by atoms with Crippen LogP contribution in [0.3, 0.4) is 0 Å². The molecular weight excluding hydrogens is 465 g/mol. The Kier molecular flexibility index (Phi) is 8.94. The van der Waals surface area contributed by atoms with Crippen molar-refractivity contribution in [1.82, 2.24) is 0 Å². The summed E-state index contributed by atoms with van der Waals surface area (Å²) in [5.74, 6) is 1.31. The summed E-state index contributed by atoms with van der Waals surface area (Å²) in [6.07, 6.45) is 6.31. The third-order valence-corrected chi connectivity index (χ3v) is 5.25. The molecule has 0 aliphatic heterocycles. The van der Waals surface area contributed by atoms with Gasteiger partial charge in [-0.1, -0.05) is 24.3 Å². The van der Waals surface area contributed by atoms with Crippen molar-refractivity contribution >= 4 is 23.6 Å². The second-order valence-electron chi connectivity index (χ2n) is 7.45. The highest BCUT2D eigenvalue weighted by molar-refractivity contribution is 6.04. The SMILES string of the molecule is COc1cccc(C(=O)/C=C\Nc2cc(/C=C\c3cc(OC)c(OC)c(OC)c3)cc(F)c2OC)c1. The summed E-state index contributed by atoms with van der Waals surface area (Å²) in [4.78, 5) is 12.5. The van der Waals surface area contributed by atoms with Crippen LogP contribution in [0.1, 0.15) is 21.5 Å². The van der Waals surface area contributed by atoms with Crippen LogP contribution < -0.4 is 29.0 Å². The number of ether oxygens (including phenoxy) is 5. The van der Waals surface area contributed by atoms with E-state index in [1.165, 1.54) is 53.9 Å². The number of methoxy groups -OCH3 is 5. The van der Waals surface area contributed by atoms with Gasteiger partial charge in [0.2, 0.25) is 5.75 Å². The quantitative estimate of drug-likeness (QED) is 0.204. The number of anilines is 1. The van der Waals surface area contributed by atoms with Gasteiger partial charge >= 0.3 is 0 Å². The summed E-state index contributed by atoms with van der Waals surface area (Å²) < 4.78 is 41.2. The van der Waals surface area contributed by atoms with Crippen molar-refractivity contribution in [2.75, 3.05) is 40.9 Å². The molecule has 36 heavy (non-hydrogen) atoms. The van der Waals surface area contributed by atoms with Crippen LogP contribution in [0.15, 0.2) is 60.8 Å². The van der Waals surface area contributed by atoms with Crippen LogP contribution in [0.25, 0.3) is 12.2 Å². The van der Waals surface area contributed by atoms with Crippen LogP contribution >= 0.6 is 0 Å². The molecule has 3 aromatic carbocycles. The van der Waals surface area contributed by atoms with Crippen LogP contribution in [0, 0.1) is 5.82 Å². The zero-order valence-electron chi connectivity index (χ0n) is 20.8. The Labute approximate surface area is 209 Å². The lowest BCUT2D eigenvalue weighted by atomic mass is 10.1. The zero-order valence-corrected chi connectivity index (χ0v) is 20.8. The molecule has 3 aromatic rings. The minimum atomic E-state index is -0.556. The second-order valence-corrected chi connectivity index (χ2v) is 7.45. The average Bonchev–Trinajstić information content (AvgIpc) is 2.90. The van der Waals surface area contributed by atoms with Gasteiger partial charge in [0.15, 0.2) is 28.8 Å². The summed E-state index contributed by atoms with van der Waals surface area (Å²) in [7, 11) is 7.51. The number of allylic oxidation sites excluding steroid dienone is 1. The Bertz CT molecular complexity index is 1260. The van der Waals surface area contributed by atoms with E-state index in [1.54, 1.807) is 54.6 Å². The van der Waals surface area contributed by atoms with Crippen molar-refractivity contribution in [1.29, 1.82) is 0 Å². The smallest absolute Gasteiger partial charge is 0.203 e. The first-order valence-electron chi connectivity index (χ1n) is 10.9. The second kappa shape index (κ2) is 12.3. The van der Waals surface area contributed by atoms with Gasteiger partial charge in [0.1, 0.15) is 5.75 Å². The van der Waals surface area contributed by atoms with Crippen molar-refractivity contribution in [3.8, 4) is 28.7 Å². The van der Waals surface area contributed by atoms with E-state index in [0.717, 1.165) is 5.56 Å². The van der Waals surface area contributed by atoms with Crippen molar-refractivity contribution < 1.29 is 32.9 Å². The summed E-state index contributed by atoms with van der Waals surface area (Å²) in [6, 6.07) is 13.4. The normalized spacial score (nSPS) is 10.9. The van der Waals surface area contributed by atoms with E-state index >= 15 is 0 Å². The molecule has 8 heteroatoms. The van der Waals surface area contributed by atoms with Crippen molar-refractivity contribution in [2.24, 2.45) is 0 Å². The predicted molar refractivity (Wildman–Crippen MR) is 138 cm³/mol. The van der Waals surface area contributed by atoms with Gasteiger partial charge in [0.05, 0.1) is 41.2 Å². The fraction of sp³-hybridized carbons (Fsp3) is 0.179. The van der Waals surface area contributed by atoms with Gasteiger partial charge in [-0.2, -0.15) is 0 Å². The minimum Gasteiger partial charge on any atom is -0.497 e. The van der Waals surface area contributed by atoms with Crippen molar-refractivity contribution in [2.45, 2.75) is 0 Å².